The van der Waals surface area contributed by atoms with E-state index in [1.54, 1.807) is 0 Å². The van der Waals surface area contributed by atoms with Crippen LogP contribution in [0.15, 0.2) is 24.3 Å². The van der Waals surface area contributed by atoms with Crippen molar-refractivity contribution < 1.29 is 27.9 Å². The smallest absolute Gasteiger partial charge is 0.396 e. The molecule has 5 nitrogen and oxygen atoms in total. The standard InChI is InChI=1S/C19H25F3N2O3/c1-18(2,12-25)11-23-17(27)14-6-7-16(26)24(10-14)9-13-4-3-5-15(8-13)19(20,21)22/h3-5,8,14,25H,6-7,9-12H2,1-2H3,(H,23,27)/t14-/m0/s1. The Balaban J connectivity index is 2.01. The number of nitrogens with one attached hydrogen (secondary N) is 1. The second-order valence-corrected chi connectivity index (χ2v) is 7.75. The number of carbonyl (C=O) groups is 2. The van der Waals surface area contributed by atoms with Gasteiger partial charge in [0.15, 0.2) is 0 Å². The van der Waals surface area contributed by atoms with Crippen molar-refractivity contribution in [2.24, 2.45) is 11.3 Å². The van der Waals surface area contributed by atoms with Gasteiger partial charge in [0.2, 0.25) is 11.8 Å². The molecule has 2 N–H and O–H groups in total. The highest BCUT2D eigenvalue weighted by atomic mass is 19.4. The Bertz CT molecular complexity index is 689. The fourth-order valence-electron chi connectivity index (χ4n) is 2.87. The number of hydrogen-bond acceptors (Lipinski definition) is 3. The van der Waals surface area contributed by atoms with E-state index in [-0.39, 0.29) is 37.9 Å². The summed E-state index contributed by atoms with van der Waals surface area (Å²) in [4.78, 5) is 26.0. The van der Waals surface area contributed by atoms with Crippen molar-refractivity contribution in [2.75, 3.05) is 19.7 Å². The Kier molecular flexibility index (Phi) is 6.51. The van der Waals surface area contributed by atoms with Gasteiger partial charge in [0.05, 0.1) is 11.5 Å². The van der Waals surface area contributed by atoms with E-state index in [1.165, 1.54) is 17.0 Å². The number of amides is 2. The fraction of sp³-hybridized carbons (Fsp3) is 0.579. The molecule has 8 heteroatoms. The summed E-state index contributed by atoms with van der Waals surface area (Å²) in [5, 5.41) is 12.0. The Morgan fingerprint density at radius 1 is 1.33 bits per heavy atom. The van der Waals surface area contributed by atoms with Crippen LogP contribution in [0.2, 0.25) is 0 Å². The molecular formula is C19H25F3N2O3. The molecule has 1 fully saturated rings. The number of halogens is 3. The summed E-state index contributed by atoms with van der Waals surface area (Å²) < 4.78 is 38.6. The molecule has 0 aromatic heterocycles. The molecule has 0 unspecified atom stereocenters. The van der Waals surface area contributed by atoms with Gasteiger partial charge in [-0.1, -0.05) is 26.0 Å². The van der Waals surface area contributed by atoms with Gasteiger partial charge in [-0.05, 0) is 24.1 Å². The van der Waals surface area contributed by atoms with E-state index in [4.69, 9.17) is 0 Å². The maximum Gasteiger partial charge on any atom is 0.416 e. The lowest BCUT2D eigenvalue weighted by atomic mass is 9.93. The monoisotopic (exact) mass is 386 g/mol. The third-order valence-electron chi connectivity index (χ3n) is 4.67. The van der Waals surface area contributed by atoms with E-state index in [0.717, 1.165) is 12.1 Å². The molecule has 1 heterocycles. The number of nitrogens with zero attached hydrogens (tertiary/aromatic N) is 1. The molecule has 1 aromatic carbocycles. The summed E-state index contributed by atoms with van der Waals surface area (Å²) in [6.07, 6.45) is -3.85. The van der Waals surface area contributed by atoms with Crippen molar-refractivity contribution in [1.29, 1.82) is 0 Å². The Hall–Kier alpha value is -2.09. The highest BCUT2D eigenvalue weighted by Gasteiger charge is 2.33. The van der Waals surface area contributed by atoms with Crippen LogP contribution in [0.3, 0.4) is 0 Å². The molecule has 2 amide bonds. The molecule has 1 saturated heterocycles. The van der Waals surface area contributed by atoms with Gasteiger partial charge in [0.1, 0.15) is 0 Å². The van der Waals surface area contributed by atoms with Crippen LogP contribution in [-0.2, 0) is 22.3 Å². The van der Waals surface area contributed by atoms with Gasteiger partial charge in [0.25, 0.3) is 0 Å². The van der Waals surface area contributed by atoms with Crippen molar-refractivity contribution >= 4 is 11.8 Å². The number of carbonyl (C=O) groups excluding carboxylic acids is 2. The first kappa shape index (κ1) is 21.2. The zero-order valence-corrected chi connectivity index (χ0v) is 15.5. The van der Waals surface area contributed by atoms with Crippen LogP contribution in [-0.4, -0.2) is 41.5 Å². The van der Waals surface area contributed by atoms with E-state index < -0.39 is 23.1 Å². The summed E-state index contributed by atoms with van der Waals surface area (Å²) in [6.45, 7) is 4.07. The average molecular weight is 386 g/mol. The van der Waals surface area contributed by atoms with Crippen molar-refractivity contribution in [1.82, 2.24) is 10.2 Å². The van der Waals surface area contributed by atoms with Crippen molar-refractivity contribution in [3.05, 3.63) is 35.4 Å². The quantitative estimate of drug-likeness (QED) is 0.790. The van der Waals surface area contributed by atoms with Crippen LogP contribution < -0.4 is 5.32 Å². The van der Waals surface area contributed by atoms with Gasteiger partial charge in [-0.25, -0.2) is 0 Å². The van der Waals surface area contributed by atoms with Crippen LogP contribution in [0, 0.1) is 11.3 Å². The van der Waals surface area contributed by atoms with Gasteiger partial charge in [-0.15, -0.1) is 0 Å². The maximum atomic E-state index is 12.9. The number of piperidine rings is 1. The van der Waals surface area contributed by atoms with Gasteiger partial charge in [-0.2, -0.15) is 13.2 Å². The first-order valence-electron chi connectivity index (χ1n) is 8.84. The molecule has 150 valence electrons. The normalized spacial score (nSPS) is 18.5. The molecule has 0 spiro atoms. The van der Waals surface area contributed by atoms with Gasteiger partial charge in [-0.3, -0.25) is 9.59 Å². The lowest BCUT2D eigenvalue weighted by Crippen LogP contribution is -2.47. The molecule has 1 aliphatic rings. The SMILES string of the molecule is CC(C)(CO)CNC(=O)[C@H]1CCC(=O)N(Cc2cccc(C(F)(F)F)c2)C1. The Morgan fingerprint density at radius 3 is 2.67 bits per heavy atom. The predicted octanol–water partition coefficient (Wildman–Crippen LogP) is 2.58. The summed E-state index contributed by atoms with van der Waals surface area (Å²) in [7, 11) is 0. The Morgan fingerprint density at radius 2 is 2.04 bits per heavy atom. The second kappa shape index (κ2) is 8.29. The lowest BCUT2D eigenvalue weighted by molar-refractivity contribution is -0.139. The molecule has 1 aromatic rings. The van der Waals surface area contributed by atoms with Gasteiger partial charge in [0, 0.05) is 38.1 Å². The molecule has 0 radical (unpaired) electrons. The predicted molar refractivity (Wildman–Crippen MR) is 93.5 cm³/mol. The van der Waals surface area contributed by atoms with E-state index in [9.17, 15) is 27.9 Å². The van der Waals surface area contributed by atoms with Gasteiger partial charge >= 0.3 is 6.18 Å². The minimum atomic E-state index is -4.44. The number of likely N-dealkylation sites (tertiary alicyclic amines) is 1. The average Bonchev–Trinajstić information content (AvgIpc) is 2.61. The molecule has 27 heavy (non-hydrogen) atoms. The van der Waals surface area contributed by atoms with E-state index in [1.807, 2.05) is 13.8 Å². The maximum absolute atomic E-state index is 12.9. The van der Waals surface area contributed by atoms with Crippen LogP contribution in [0.5, 0.6) is 0 Å². The van der Waals surface area contributed by atoms with E-state index in [0.29, 0.717) is 18.5 Å². The topological polar surface area (TPSA) is 69.6 Å². The van der Waals surface area contributed by atoms with Crippen LogP contribution in [0.4, 0.5) is 13.2 Å². The number of benzene rings is 1. The van der Waals surface area contributed by atoms with Crippen LogP contribution in [0.25, 0.3) is 0 Å². The first-order chi connectivity index (χ1) is 12.5. The highest BCUT2D eigenvalue weighted by molar-refractivity contribution is 5.83. The van der Waals surface area contributed by atoms with E-state index >= 15 is 0 Å². The molecule has 2 rings (SSSR count). The second-order valence-electron chi connectivity index (χ2n) is 7.75. The molecule has 1 aliphatic heterocycles. The minimum absolute atomic E-state index is 0.0364. The number of hydrogen-bond donors (Lipinski definition) is 2. The summed E-state index contributed by atoms with van der Waals surface area (Å²) >= 11 is 0. The molecule has 0 bridgehead atoms. The third kappa shape index (κ3) is 5.95. The summed E-state index contributed by atoms with van der Waals surface area (Å²) in [6, 6.07) is 4.87. The van der Waals surface area contributed by atoms with Gasteiger partial charge < -0.3 is 15.3 Å². The van der Waals surface area contributed by atoms with Crippen LogP contribution >= 0.6 is 0 Å². The number of rotatable bonds is 6. The number of aliphatic hydroxyl groups is 1. The fourth-order valence-corrected chi connectivity index (χ4v) is 2.87. The Labute approximate surface area is 156 Å². The molecule has 0 saturated carbocycles. The minimum Gasteiger partial charge on any atom is -0.396 e. The highest BCUT2D eigenvalue weighted by Crippen LogP contribution is 2.30. The number of aliphatic hydroxyl groups excluding tert-OH is 1. The summed E-state index contributed by atoms with van der Waals surface area (Å²) in [5.74, 6) is -0.798. The van der Waals surface area contributed by atoms with Crippen molar-refractivity contribution in [3.63, 3.8) is 0 Å². The first-order valence-corrected chi connectivity index (χ1v) is 8.84. The molecule has 1 atom stereocenters. The molecule has 0 aliphatic carbocycles. The van der Waals surface area contributed by atoms with Crippen LogP contribution in [0.1, 0.15) is 37.8 Å². The van der Waals surface area contributed by atoms with Crippen molar-refractivity contribution in [2.45, 2.75) is 39.4 Å². The number of alkyl halides is 3. The zero-order valence-electron chi connectivity index (χ0n) is 15.5. The molecular weight excluding hydrogens is 361 g/mol. The largest absolute Gasteiger partial charge is 0.416 e. The third-order valence-corrected chi connectivity index (χ3v) is 4.67. The summed E-state index contributed by atoms with van der Waals surface area (Å²) in [5.41, 5.74) is -0.830. The van der Waals surface area contributed by atoms with Crippen molar-refractivity contribution in [3.8, 4) is 0 Å². The zero-order chi connectivity index (χ0) is 20.2. The van der Waals surface area contributed by atoms with E-state index in [2.05, 4.69) is 5.32 Å². The lowest BCUT2D eigenvalue weighted by Gasteiger charge is -2.33.